The SMILES string of the molecule is COc1ccc([N+]([O-])=Cc2ccc(C(F)(F)F)cc2)cc1. The van der Waals surface area contributed by atoms with Crippen LogP contribution in [0.5, 0.6) is 5.75 Å². The van der Waals surface area contributed by atoms with Gasteiger partial charge in [-0.2, -0.15) is 17.9 Å². The van der Waals surface area contributed by atoms with Crippen molar-refractivity contribution in [3.63, 3.8) is 0 Å². The molecule has 0 aliphatic carbocycles. The Bertz CT molecular complexity index is 631. The van der Waals surface area contributed by atoms with Crippen LogP contribution in [0.4, 0.5) is 18.9 Å². The fraction of sp³-hybridized carbons (Fsp3) is 0.133. The lowest BCUT2D eigenvalue weighted by Gasteiger charge is -2.06. The van der Waals surface area contributed by atoms with Gasteiger partial charge < -0.3 is 9.94 Å². The molecule has 0 unspecified atom stereocenters. The predicted octanol–water partition coefficient (Wildman–Crippen LogP) is 3.97. The van der Waals surface area contributed by atoms with Gasteiger partial charge >= 0.3 is 6.18 Å². The van der Waals surface area contributed by atoms with Gasteiger partial charge in [-0.25, -0.2) is 0 Å². The smallest absolute Gasteiger partial charge is 0.416 e. The van der Waals surface area contributed by atoms with Crippen LogP contribution in [0.3, 0.4) is 0 Å². The molecular formula is C15H12F3NO2. The Labute approximate surface area is 119 Å². The number of benzene rings is 2. The van der Waals surface area contributed by atoms with Crippen LogP contribution in [0.2, 0.25) is 0 Å². The Balaban J connectivity index is 2.21. The van der Waals surface area contributed by atoms with E-state index in [9.17, 15) is 18.4 Å². The molecule has 0 heterocycles. The average Bonchev–Trinajstić information content (AvgIpc) is 2.47. The molecule has 0 saturated heterocycles. The summed E-state index contributed by atoms with van der Waals surface area (Å²) in [5.41, 5.74) is -0.00828. The monoisotopic (exact) mass is 295 g/mol. The maximum atomic E-state index is 12.4. The van der Waals surface area contributed by atoms with Gasteiger partial charge in [0.2, 0.25) is 5.69 Å². The van der Waals surface area contributed by atoms with Crippen molar-refractivity contribution in [2.75, 3.05) is 7.11 Å². The minimum atomic E-state index is -4.38. The van der Waals surface area contributed by atoms with Crippen LogP contribution < -0.4 is 4.74 Å². The van der Waals surface area contributed by atoms with E-state index < -0.39 is 11.7 Å². The first kappa shape index (κ1) is 14.9. The van der Waals surface area contributed by atoms with Gasteiger partial charge in [0.05, 0.1) is 12.7 Å². The minimum absolute atomic E-state index is 0.357. The zero-order chi connectivity index (χ0) is 15.5. The first-order valence-electron chi connectivity index (χ1n) is 6.03. The van der Waals surface area contributed by atoms with Gasteiger partial charge in [-0.15, -0.1) is 0 Å². The molecule has 0 saturated carbocycles. The Morgan fingerprint density at radius 3 is 2.05 bits per heavy atom. The summed E-state index contributed by atoms with van der Waals surface area (Å²) in [5.74, 6) is 0.613. The second-order valence-electron chi connectivity index (χ2n) is 4.27. The van der Waals surface area contributed by atoms with E-state index in [-0.39, 0.29) is 0 Å². The molecule has 2 aromatic rings. The third kappa shape index (κ3) is 3.75. The van der Waals surface area contributed by atoms with Gasteiger partial charge in [0.1, 0.15) is 5.75 Å². The van der Waals surface area contributed by atoms with Crippen molar-refractivity contribution in [1.29, 1.82) is 0 Å². The van der Waals surface area contributed by atoms with Gasteiger partial charge in [-0.3, -0.25) is 0 Å². The summed E-state index contributed by atoms with van der Waals surface area (Å²) in [6, 6.07) is 10.7. The van der Waals surface area contributed by atoms with E-state index in [1.165, 1.54) is 25.5 Å². The van der Waals surface area contributed by atoms with Gasteiger partial charge in [0.15, 0.2) is 6.21 Å². The zero-order valence-corrected chi connectivity index (χ0v) is 11.1. The fourth-order valence-electron chi connectivity index (χ4n) is 1.70. The van der Waals surface area contributed by atoms with E-state index in [1.54, 1.807) is 24.3 Å². The number of ether oxygens (including phenoxy) is 1. The highest BCUT2D eigenvalue weighted by atomic mass is 19.4. The van der Waals surface area contributed by atoms with Crippen molar-refractivity contribution >= 4 is 11.9 Å². The maximum Gasteiger partial charge on any atom is 0.416 e. The van der Waals surface area contributed by atoms with Crippen molar-refractivity contribution in [2.24, 2.45) is 0 Å². The lowest BCUT2D eigenvalue weighted by Crippen LogP contribution is -2.05. The molecule has 0 bridgehead atoms. The summed E-state index contributed by atoms with van der Waals surface area (Å²) in [5, 5.41) is 11.9. The van der Waals surface area contributed by atoms with Crippen molar-refractivity contribution in [2.45, 2.75) is 6.18 Å². The van der Waals surface area contributed by atoms with Crippen LogP contribution in [0.25, 0.3) is 0 Å². The molecular weight excluding hydrogens is 283 g/mol. The number of methoxy groups -OCH3 is 1. The number of nitrogens with zero attached hydrogens (tertiary/aromatic N) is 1. The molecule has 0 aliphatic rings. The Kier molecular flexibility index (Phi) is 4.16. The van der Waals surface area contributed by atoms with Gasteiger partial charge in [-0.1, -0.05) is 0 Å². The Morgan fingerprint density at radius 2 is 1.57 bits per heavy atom. The van der Waals surface area contributed by atoms with Crippen LogP contribution in [-0.2, 0) is 6.18 Å². The molecule has 0 fully saturated rings. The van der Waals surface area contributed by atoms with E-state index in [0.29, 0.717) is 21.7 Å². The lowest BCUT2D eigenvalue weighted by atomic mass is 10.1. The van der Waals surface area contributed by atoms with Crippen molar-refractivity contribution < 1.29 is 22.6 Å². The molecule has 6 heteroatoms. The number of halogens is 3. The molecule has 0 amide bonds. The maximum absolute atomic E-state index is 12.4. The number of hydrogen-bond donors (Lipinski definition) is 0. The summed E-state index contributed by atoms with van der Waals surface area (Å²) in [7, 11) is 1.51. The van der Waals surface area contributed by atoms with E-state index in [2.05, 4.69) is 0 Å². The van der Waals surface area contributed by atoms with Crippen LogP contribution in [0.15, 0.2) is 48.5 Å². The van der Waals surface area contributed by atoms with Crippen LogP contribution >= 0.6 is 0 Å². The van der Waals surface area contributed by atoms with Crippen LogP contribution in [0.1, 0.15) is 11.1 Å². The van der Waals surface area contributed by atoms with E-state index in [4.69, 9.17) is 4.74 Å². The zero-order valence-electron chi connectivity index (χ0n) is 11.1. The molecule has 0 aromatic heterocycles. The van der Waals surface area contributed by atoms with Crippen molar-refractivity contribution in [1.82, 2.24) is 0 Å². The highest BCUT2D eigenvalue weighted by Gasteiger charge is 2.29. The third-order valence-electron chi connectivity index (χ3n) is 2.83. The Morgan fingerprint density at radius 1 is 1.00 bits per heavy atom. The largest absolute Gasteiger partial charge is 0.618 e. The highest BCUT2D eigenvalue weighted by Crippen LogP contribution is 2.29. The molecule has 0 N–H and O–H groups in total. The van der Waals surface area contributed by atoms with Crippen LogP contribution in [-0.4, -0.2) is 18.1 Å². The molecule has 21 heavy (non-hydrogen) atoms. The quantitative estimate of drug-likeness (QED) is 0.371. The van der Waals surface area contributed by atoms with Gasteiger partial charge in [-0.05, 0) is 36.4 Å². The molecule has 3 nitrogen and oxygen atoms in total. The normalized spacial score (nSPS) is 12.3. The standard InChI is InChI=1S/C15H12F3NO2/c1-21-14-8-6-13(7-9-14)19(20)10-11-2-4-12(5-3-11)15(16,17)18/h2-10H,1H3. The molecule has 0 radical (unpaired) electrons. The highest BCUT2D eigenvalue weighted by molar-refractivity contribution is 5.76. The van der Waals surface area contributed by atoms with Crippen LogP contribution in [0, 0.1) is 5.21 Å². The number of hydrogen-bond acceptors (Lipinski definition) is 2. The van der Waals surface area contributed by atoms with E-state index >= 15 is 0 Å². The molecule has 2 rings (SSSR count). The van der Waals surface area contributed by atoms with E-state index in [1.807, 2.05) is 0 Å². The molecule has 110 valence electrons. The predicted molar refractivity (Wildman–Crippen MR) is 72.9 cm³/mol. The summed E-state index contributed by atoms with van der Waals surface area (Å²) in [6.45, 7) is 0. The topological polar surface area (TPSA) is 35.3 Å². The summed E-state index contributed by atoms with van der Waals surface area (Å²) >= 11 is 0. The second-order valence-corrected chi connectivity index (χ2v) is 4.27. The molecule has 2 aromatic carbocycles. The first-order valence-corrected chi connectivity index (χ1v) is 6.03. The lowest BCUT2D eigenvalue weighted by molar-refractivity contribution is -0.354. The van der Waals surface area contributed by atoms with Gasteiger partial charge in [0, 0.05) is 17.7 Å². The fourth-order valence-corrected chi connectivity index (χ4v) is 1.70. The number of rotatable bonds is 3. The average molecular weight is 295 g/mol. The molecule has 0 aliphatic heterocycles. The minimum Gasteiger partial charge on any atom is -0.618 e. The van der Waals surface area contributed by atoms with Crippen molar-refractivity contribution in [3.8, 4) is 5.75 Å². The summed E-state index contributed by atoms with van der Waals surface area (Å²) in [6.07, 6.45) is -3.17. The summed E-state index contributed by atoms with van der Waals surface area (Å²) < 4.78 is 42.8. The van der Waals surface area contributed by atoms with Gasteiger partial charge in [0.25, 0.3) is 0 Å². The van der Waals surface area contributed by atoms with Crippen molar-refractivity contribution in [3.05, 3.63) is 64.9 Å². The first-order chi connectivity index (χ1) is 9.90. The molecule has 0 atom stereocenters. The number of alkyl halides is 3. The second kappa shape index (κ2) is 5.87. The Hall–Kier alpha value is -2.50. The third-order valence-corrected chi connectivity index (χ3v) is 2.83. The van der Waals surface area contributed by atoms with E-state index in [0.717, 1.165) is 12.1 Å². The summed E-state index contributed by atoms with van der Waals surface area (Å²) in [4.78, 5) is 0. The molecule has 0 spiro atoms.